The van der Waals surface area contributed by atoms with Crippen molar-refractivity contribution in [2.45, 2.75) is 0 Å². The molecule has 4 N–H and O–H groups in total. The van der Waals surface area contributed by atoms with E-state index < -0.39 is 17.2 Å². The Labute approximate surface area is 49.0 Å². The quantitative estimate of drug-likeness (QED) is 0.363. The van der Waals surface area contributed by atoms with Crippen molar-refractivity contribution in [1.82, 2.24) is 10.6 Å². The van der Waals surface area contributed by atoms with E-state index in [0.717, 1.165) is 5.59 Å². The highest BCUT2D eigenvalue weighted by Gasteiger charge is 2.17. The van der Waals surface area contributed by atoms with E-state index in [9.17, 15) is 9.59 Å². The first-order valence-electron chi connectivity index (χ1n) is 1.75. The number of carboxylic acid groups (broad SMARTS) is 2. The second-order valence-corrected chi connectivity index (χ2v) is 1.00. The van der Waals surface area contributed by atoms with E-state index in [2.05, 4.69) is 0 Å². The summed E-state index contributed by atoms with van der Waals surface area (Å²) in [5, 5.41) is 23.1. The van der Waals surface area contributed by atoms with Crippen molar-refractivity contribution >= 4 is 12.2 Å². The van der Waals surface area contributed by atoms with Gasteiger partial charge in [-0.1, -0.05) is 0 Å². The molecule has 0 aromatic heterocycles. The molecule has 0 unspecified atom stereocenters. The Morgan fingerprint density at radius 1 is 1.22 bits per heavy atom. The van der Waals surface area contributed by atoms with Crippen LogP contribution in [-0.4, -0.2) is 32.6 Å². The average molecular weight is 136 g/mol. The van der Waals surface area contributed by atoms with Crippen LogP contribution in [0.4, 0.5) is 9.59 Å². The highest BCUT2D eigenvalue weighted by molar-refractivity contribution is 5.84. The predicted octanol–water partition coefficient (Wildman–Crippen LogP) is -0.462. The van der Waals surface area contributed by atoms with Gasteiger partial charge in [0, 0.05) is 0 Å². The number of nitrogens with one attached hydrogen (secondary N) is 1. The molecule has 9 heavy (non-hydrogen) atoms. The molecule has 0 aromatic rings. The summed E-state index contributed by atoms with van der Waals surface area (Å²) in [6.07, 6.45) is -3.60. The van der Waals surface area contributed by atoms with E-state index in [1.807, 2.05) is 0 Å². The van der Waals surface area contributed by atoms with Gasteiger partial charge in [0.15, 0.2) is 0 Å². The van der Waals surface area contributed by atoms with Crippen LogP contribution in [0.25, 0.3) is 0 Å². The number of amides is 2. The molecular weight excluding hydrogens is 132 g/mol. The van der Waals surface area contributed by atoms with Crippen molar-refractivity contribution in [3.8, 4) is 0 Å². The van der Waals surface area contributed by atoms with Crippen molar-refractivity contribution in [1.29, 1.82) is 0 Å². The van der Waals surface area contributed by atoms with E-state index in [-0.39, 0.29) is 0 Å². The lowest BCUT2D eigenvalue weighted by molar-refractivity contribution is 0.00174. The van der Waals surface area contributed by atoms with Crippen molar-refractivity contribution in [3.63, 3.8) is 0 Å². The fourth-order valence-corrected chi connectivity index (χ4v) is 0.167. The molecule has 0 aromatic carbocycles. The Hall–Kier alpha value is -1.34. The SMILES string of the molecule is O=C(O)N(NO)C(=O)O. The molecule has 0 saturated heterocycles. The molecule has 0 atom stereocenters. The molecule has 0 aliphatic rings. The minimum atomic E-state index is -1.80. The molecule has 0 fully saturated rings. The van der Waals surface area contributed by atoms with Crippen LogP contribution in [0.5, 0.6) is 0 Å². The van der Waals surface area contributed by atoms with Crippen LogP contribution in [-0.2, 0) is 0 Å². The van der Waals surface area contributed by atoms with Gasteiger partial charge >= 0.3 is 12.2 Å². The molecule has 0 bridgehead atoms. The fourth-order valence-electron chi connectivity index (χ4n) is 0.167. The monoisotopic (exact) mass is 136 g/mol. The molecule has 0 heterocycles. The number of hydrogen-bond donors (Lipinski definition) is 4. The van der Waals surface area contributed by atoms with Crippen LogP contribution in [0.1, 0.15) is 0 Å². The van der Waals surface area contributed by atoms with Crippen molar-refractivity contribution in [3.05, 3.63) is 0 Å². The summed E-state index contributed by atoms with van der Waals surface area (Å²) < 4.78 is 0. The maximum atomic E-state index is 9.69. The van der Waals surface area contributed by atoms with E-state index in [1.165, 1.54) is 0 Å². The van der Waals surface area contributed by atoms with Gasteiger partial charge in [0.05, 0.1) is 0 Å². The first-order chi connectivity index (χ1) is 4.09. The van der Waals surface area contributed by atoms with E-state index in [0.29, 0.717) is 0 Å². The first-order valence-corrected chi connectivity index (χ1v) is 1.75. The Morgan fingerprint density at radius 2 is 1.56 bits per heavy atom. The zero-order valence-corrected chi connectivity index (χ0v) is 4.11. The number of hydrazine groups is 1. The largest absolute Gasteiger partial charge is 0.464 e. The van der Waals surface area contributed by atoms with Gasteiger partial charge in [-0.3, -0.25) is 5.21 Å². The average Bonchev–Trinajstić information content (AvgIpc) is 1.64. The third kappa shape index (κ3) is 1.93. The maximum Gasteiger partial charge on any atom is 0.433 e. The number of rotatable bonds is 1. The van der Waals surface area contributed by atoms with Gasteiger partial charge in [-0.15, -0.1) is 10.6 Å². The Kier molecular flexibility index (Phi) is 2.42. The van der Waals surface area contributed by atoms with Gasteiger partial charge in [-0.25, -0.2) is 9.59 Å². The molecule has 0 saturated carbocycles. The van der Waals surface area contributed by atoms with Gasteiger partial charge in [0.1, 0.15) is 0 Å². The normalized spacial score (nSPS) is 8.56. The second-order valence-electron chi connectivity index (χ2n) is 1.00. The Bertz CT molecular complexity index is 119. The molecule has 0 aliphatic carbocycles. The number of hydrogen-bond acceptors (Lipinski definition) is 4. The van der Waals surface area contributed by atoms with Crippen molar-refractivity contribution in [2.24, 2.45) is 0 Å². The lowest BCUT2D eigenvalue weighted by Gasteiger charge is -2.07. The van der Waals surface area contributed by atoms with E-state index >= 15 is 0 Å². The summed E-state index contributed by atoms with van der Waals surface area (Å²) in [5.41, 5.74) is 0.935. The molecular formula is C2H4N2O5. The molecule has 2 amide bonds. The topological polar surface area (TPSA) is 110 Å². The maximum absolute atomic E-state index is 9.69. The summed E-state index contributed by atoms with van der Waals surface area (Å²) in [6, 6.07) is 0. The molecule has 0 rings (SSSR count). The lowest BCUT2D eigenvalue weighted by Crippen LogP contribution is -2.43. The minimum Gasteiger partial charge on any atom is -0.464 e. The summed E-state index contributed by atoms with van der Waals surface area (Å²) in [7, 11) is 0. The summed E-state index contributed by atoms with van der Waals surface area (Å²) in [4.78, 5) is 19.4. The number of imide groups is 1. The minimum absolute atomic E-state index is 0.403. The number of carbonyl (C=O) groups is 2. The van der Waals surface area contributed by atoms with Gasteiger partial charge in [0.2, 0.25) is 0 Å². The fraction of sp³-hybridized carbons (Fsp3) is 0. The van der Waals surface area contributed by atoms with Gasteiger partial charge in [0.25, 0.3) is 0 Å². The highest BCUT2D eigenvalue weighted by Crippen LogP contribution is 1.81. The van der Waals surface area contributed by atoms with Gasteiger partial charge in [-0.2, -0.15) is 0 Å². The third-order valence-corrected chi connectivity index (χ3v) is 0.483. The molecule has 0 radical (unpaired) electrons. The lowest BCUT2D eigenvalue weighted by atomic mass is 11.0. The van der Waals surface area contributed by atoms with Crippen LogP contribution in [0.15, 0.2) is 0 Å². The van der Waals surface area contributed by atoms with Crippen molar-refractivity contribution in [2.75, 3.05) is 0 Å². The van der Waals surface area contributed by atoms with E-state index in [1.54, 1.807) is 0 Å². The molecule has 0 spiro atoms. The van der Waals surface area contributed by atoms with Gasteiger partial charge < -0.3 is 10.2 Å². The smallest absolute Gasteiger partial charge is 0.433 e. The standard InChI is InChI=1S/C2H4N2O5/c5-1(6)4(3-9)2(7)8/h3,9H,(H,5,6)(H,7,8). The third-order valence-electron chi connectivity index (χ3n) is 0.483. The Morgan fingerprint density at radius 3 is 1.56 bits per heavy atom. The van der Waals surface area contributed by atoms with Crippen LogP contribution < -0.4 is 5.59 Å². The van der Waals surface area contributed by atoms with Crippen LogP contribution in [0.2, 0.25) is 0 Å². The second kappa shape index (κ2) is 2.84. The molecule has 52 valence electrons. The van der Waals surface area contributed by atoms with Crippen molar-refractivity contribution < 1.29 is 25.0 Å². The zero-order chi connectivity index (χ0) is 7.44. The molecule has 0 aliphatic heterocycles. The summed E-state index contributed by atoms with van der Waals surface area (Å²) in [6.45, 7) is 0. The zero-order valence-electron chi connectivity index (χ0n) is 4.11. The number of nitrogens with zero attached hydrogens (tertiary/aromatic N) is 1. The van der Waals surface area contributed by atoms with Crippen LogP contribution >= 0.6 is 0 Å². The van der Waals surface area contributed by atoms with Crippen LogP contribution in [0, 0.1) is 0 Å². The Balaban J connectivity index is 3.99. The first kappa shape index (κ1) is 7.66. The highest BCUT2D eigenvalue weighted by atomic mass is 16.5. The van der Waals surface area contributed by atoms with Gasteiger partial charge in [-0.05, 0) is 0 Å². The molecule has 7 heteroatoms. The summed E-state index contributed by atoms with van der Waals surface area (Å²) >= 11 is 0. The summed E-state index contributed by atoms with van der Waals surface area (Å²) in [5.74, 6) is 0. The molecule has 7 nitrogen and oxygen atoms in total. The predicted molar refractivity (Wildman–Crippen MR) is 22.8 cm³/mol. The van der Waals surface area contributed by atoms with E-state index in [4.69, 9.17) is 15.4 Å². The van der Waals surface area contributed by atoms with Crippen LogP contribution in [0.3, 0.4) is 0 Å².